The van der Waals surface area contributed by atoms with E-state index in [1.807, 2.05) is 19.1 Å². The molecule has 1 aromatic carbocycles. The molecule has 0 spiro atoms. The molecule has 0 atom stereocenters. The molecule has 5 nitrogen and oxygen atoms in total. The molecule has 0 fully saturated rings. The molecule has 0 unspecified atom stereocenters. The van der Waals surface area contributed by atoms with Gasteiger partial charge in [0.05, 0.1) is 0 Å². The number of rotatable bonds is 5. The molecule has 1 N–H and O–H groups in total. The Balaban J connectivity index is 1.57. The van der Waals surface area contributed by atoms with Gasteiger partial charge >= 0.3 is 0 Å². The topological polar surface area (TPSA) is 50.2 Å². The van der Waals surface area contributed by atoms with E-state index in [9.17, 15) is 4.79 Å². The van der Waals surface area contributed by atoms with Gasteiger partial charge in [-0.15, -0.1) is 0 Å². The second-order valence-electron chi connectivity index (χ2n) is 5.70. The number of benzene rings is 1. The molecule has 0 aliphatic carbocycles. The highest BCUT2D eigenvalue weighted by atomic mass is 35.5. The monoisotopic (exact) mass is 332 g/mol. The van der Waals surface area contributed by atoms with Crippen molar-refractivity contribution >= 4 is 17.4 Å². The van der Waals surface area contributed by atoms with Gasteiger partial charge in [-0.25, -0.2) is 4.98 Å². The minimum Gasteiger partial charge on any atom is -0.364 e. The number of nitrogens with zero attached hydrogens (tertiary/aromatic N) is 3. The number of fused-ring (bicyclic) bond motifs is 1. The van der Waals surface area contributed by atoms with Crippen LogP contribution in [0.2, 0.25) is 5.02 Å². The van der Waals surface area contributed by atoms with Crippen LogP contribution in [0.15, 0.2) is 35.4 Å². The summed E-state index contributed by atoms with van der Waals surface area (Å²) in [6.45, 7) is 6.06. The Morgan fingerprint density at radius 3 is 3.09 bits per heavy atom. The first kappa shape index (κ1) is 16.0. The summed E-state index contributed by atoms with van der Waals surface area (Å²) in [6, 6.07) is 6.10. The third kappa shape index (κ3) is 3.57. The first-order valence-electron chi connectivity index (χ1n) is 7.97. The van der Waals surface area contributed by atoms with Gasteiger partial charge in [-0.3, -0.25) is 9.69 Å². The van der Waals surface area contributed by atoms with Gasteiger partial charge in [0.15, 0.2) is 5.82 Å². The number of halogens is 1. The maximum Gasteiger partial charge on any atom is 0.293 e. The van der Waals surface area contributed by atoms with Crippen LogP contribution in [0.5, 0.6) is 0 Å². The summed E-state index contributed by atoms with van der Waals surface area (Å²) in [5.41, 5.74) is 2.51. The van der Waals surface area contributed by atoms with Gasteiger partial charge in [-0.1, -0.05) is 23.7 Å². The largest absolute Gasteiger partial charge is 0.364 e. The van der Waals surface area contributed by atoms with Crippen molar-refractivity contribution in [2.45, 2.75) is 26.4 Å². The Hall–Kier alpha value is -1.85. The summed E-state index contributed by atoms with van der Waals surface area (Å²) in [5, 5.41) is 4.03. The van der Waals surface area contributed by atoms with Gasteiger partial charge in [-0.2, -0.15) is 0 Å². The molecule has 0 amide bonds. The van der Waals surface area contributed by atoms with E-state index in [1.165, 1.54) is 11.1 Å². The minimum atomic E-state index is -0.0641. The van der Waals surface area contributed by atoms with E-state index < -0.39 is 0 Å². The standard InChI is InChI=1S/C17H21ClN4O/c1-2-22-11-8-20-16(17(22)23)19-7-10-21-9-6-14-13(12-21)4-3-5-15(14)18/h3-5,8,11H,2,6-7,9-10,12H2,1H3,(H,19,20). The van der Waals surface area contributed by atoms with E-state index in [4.69, 9.17) is 11.6 Å². The predicted octanol–water partition coefficient (Wildman–Crippen LogP) is 2.39. The minimum absolute atomic E-state index is 0.0641. The molecule has 2 heterocycles. The summed E-state index contributed by atoms with van der Waals surface area (Å²) in [7, 11) is 0. The van der Waals surface area contributed by atoms with Gasteiger partial charge in [0.1, 0.15) is 0 Å². The molecule has 122 valence electrons. The molecular weight excluding hydrogens is 312 g/mol. The quantitative estimate of drug-likeness (QED) is 0.913. The van der Waals surface area contributed by atoms with Crippen LogP contribution in [0.1, 0.15) is 18.1 Å². The molecule has 1 aliphatic heterocycles. The van der Waals surface area contributed by atoms with Crippen LogP contribution in [0, 0.1) is 0 Å². The lowest BCUT2D eigenvalue weighted by Gasteiger charge is -2.29. The molecule has 23 heavy (non-hydrogen) atoms. The Labute approximate surface area is 140 Å². The fraction of sp³-hybridized carbons (Fsp3) is 0.412. The molecule has 0 radical (unpaired) electrons. The Morgan fingerprint density at radius 2 is 2.26 bits per heavy atom. The molecular formula is C17H21ClN4O. The SMILES string of the molecule is CCn1ccnc(NCCN2CCc3c(Cl)cccc3C2)c1=O. The Morgan fingerprint density at radius 1 is 1.39 bits per heavy atom. The maximum absolute atomic E-state index is 12.1. The molecule has 0 saturated carbocycles. The van der Waals surface area contributed by atoms with Crippen LogP contribution in [0.25, 0.3) is 0 Å². The summed E-state index contributed by atoms with van der Waals surface area (Å²) in [6.07, 6.45) is 4.34. The van der Waals surface area contributed by atoms with Gasteiger partial charge < -0.3 is 9.88 Å². The molecule has 2 aromatic rings. The Bertz CT molecular complexity index is 744. The third-order valence-electron chi connectivity index (χ3n) is 4.26. The highest BCUT2D eigenvalue weighted by Crippen LogP contribution is 2.25. The van der Waals surface area contributed by atoms with Crippen molar-refractivity contribution in [2.24, 2.45) is 0 Å². The normalized spacial score (nSPS) is 14.5. The van der Waals surface area contributed by atoms with Gasteiger partial charge in [0.2, 0.25) is 0 Å². The van der Waals surface area contributed by atoms with Crippen LogP contribution in [0.4, 0.5) is 5.82 Å². The smallest absolute Gasteiger partial charge is 0.293 e. The lowest BCUT2D eigenvalue weighted by molar-refractivity contribution is 0.264. The summed E-state index contributed by atoms with van der Waals surface area (Å²) in [4.78, 5) is 18.6. The van der Waals surface area contributed by atoms with Crippen molar-refractivity contribution in [3.63, 3.8) is 0 Å². The van der Waals surface area contributed by atoms with Crippen LogP contribution in [0.3, 0.4) is 0 Å². The molecule has 6 heteroatoms. The maximum atomic E-state index is 12.1. The van der Waals surface area contributed by atoms with Crippen molar-refractivity contribution < 1.29 is 0 Å². The first-order chi connectivity index (χ1) is 11.2. The number of anilines is 1. The molecule has 1 aromatic heterocycles. The number of hydrogen-bond acceptors (Lipinski definition) is 4. The zero-order chi connectivity index (χ0) is 16.2. The zero-order valence-corrected chi connectivity index (χ0v) is 14.0. The molecule has 0 bridgehead atoms. The van der Waals surface area contributed by atoms with Gasteiger partial charge in [0.25, 0.3) is 5.56 Å². The summed E-state index contributed by atoms with van der Waals surface area (Å²) < 4.78 is 1.65. The highest BCUT2D eigenvalue weighted by molar-refractivity contribution is 6.31. The van der Waals surface area contributed by atoms with Crippen LogP contribution >= 0.6 is 11.6 Å². The van der Waals surface area contributed by atoms with Crippen molar-refractivity contribution in [1.82, 2.24) is 14.5 Å². The fourth-order valence-corrected chi connectivity index (χ4v) is 3.25. The van der Waals surface area contributed by atoms with Crippen molar-refractivity contribution in [3.8, 4) is 0 Å². The third-order valence-corrected chi connectivity index (χ3v) is 4.62. The van der Waals surface area contributed by atoms with Crippen LogP contribution in [-0.4, -0.2) is 34.1 Å². The number of hydrogen-bond donors (Lipinski definition) is 1. The van der Waals surface area contributed by atoms with E-state index in [2.05, 4.69) is 21.3 Å². The van der Waals surface area contributed by atoms with E-state index >= 15 is 0 Å². The number of nitrogens with one attached hydrogen (secondary N) is 1. The lowest BCUT2D eigenvalue weighted by Crippen LogP contribution is -2.35. The van der Waals surface area contributed by atoms with Crippen molar-refractivity contribution in [2.75, 3.05) is 25.0 Å². The van der Waals surface area contributed by atoms with E-state index in [-0.39, 0.29) is 5.56 Å². The second kappa shape index (κ2) is 7.15. The second-order valence-corrected chi connectivity index (χ2v) is 6.10. The average molecular weight is 333 g/mol. The first-order valence-corrected chi connectivity index (χ1v) is 8.34. The lowest BCUT2D eigenvalue weighted by atomic mass is 10.00. The zero-order valence-electron chi connectivity index (χ0n) is 13.3. The summed E-state index contributed by atoms with van der Waals surface area (Å²) >= 11 is 6.24. The van der Waals surface area contributed by atoms with Crippen molar-refractivity contribution in [3.05, 3.63) is 57.1 Å². The molecule has 0 saturated heterocycles. The van der Waals surface area contributed by atoms with E-state index in [1.54, 1.807) is 17.0 Å². The Kier molecular flexibility index (Phi) is 4.98. The fourth-order valence-electron chi connectivity index (χ4n) is 2.96. The van der Waals surface area contributed by atoms with Crippen LogP contribution in [-0.2, 0) is 19.5 Å². The molecule has 1 aliphatic rings. The number of aryl methyl sites for hydroxylation is 1. The van der Waals surface area contributed by atoms with Gasteiger partial charge in [-0.05, 0) is 30.5 Å². The number of aromatic nitrogens is 2. The molecule has 3 rings (SSSR count). The van der Waals surface area contributed by atoms with Crippen LogP contribution < -0.4 is 10.9 Å². The average Bonchev–Trinajstić information content (AvgIpc) is 2.56. The van der Waals surface area contributed by atoms with Gasteiger partial charge in [0, 0.05) is 50.1 Å². The summed E-state index contributed by atoms with van der Waals surface area (Å²) in [5.74, 6) is 0.426. The van der Waals surface area contributed by atoms with E-state index in [0.717, 1.165) is 31.1 Å². The highest BCUT2D eigenvalue weighted by Gasteiger charge is 2.17. The van der Waals surface area contributed by atoms with E-state index in [0.29, 0.717) is 18.9 Å². The predicted molar refractivity (Wildman–Crippen MR) is 93.1 cm³/mol. The van der Waals surface area contributed by atoms with Crippen molar-refractivity contribution in [1.29, 1.82) is 0 Å².